The predicted octanol–water partition coefficient (Wildman–Crippen LogP) is 2.86. The molecular weight excluding hydrogens is 264 g/mol. The maximum absolute atomic E-state index is 11.4. The van der Waals surface area contributed by atoms with Crippen LogP contribution >= 0.6 is 11.8 Å². The molecule has 0 aliphatic carbocycles. The van der Waals surface area contributed by atoms with Crippen molar-refractivity contribution < 1.29 is 19.4 Å². The van der Waals surface area contributed by atoms with Gasteiger partial charge in [0.25, 0.3) is 0 Å². The molecular formula is C14H18O4S. The Labute approximate surface area is 117 Å². The Morgan fingerprint density at radius 2 is 2.05 bits per heavy atom. The van der Waals surface area contributed by atoms with E-state index in [4.69, 9.17) is 9.84 Å². The summed E-state index contributed by atoms with van der Waals surface area (Å²) in [5.41, 5.74) is 0.575. The lowest BCUT2D eigenvalue weighted by atomic mass is 10.1. The van der Waals surface area contributed by atoms with Gasteiger partial charge in [0.1, 0.15) is 5.75 Å². The highest BCUT2D eigenvalue weighted by Crippen LogP contribution is 2.19. The molecule has 104 valence electrons. The first kappa shape index (κ1) is 15.6. The minimum atomic E-state index is -0.789. The van der Waals surface area contributed by atoms with Crippen molar-refractivity contribution in [1.82, 2.24) is 0 Å². The molecule has 0 aliphatic rings. The highest BCUT2D eigenvalue weighted by molar-refractivity contribution is 7.99. The molecule has 1 unspecified atom stereocenters. The van der Waals surface area contributed by atoms with Gasteiger partial charge < -0.3 is 9.84 Å². The Kier molecular flexibility index (Phi) is 6.42. The van der Waals surface area contributed by atoms with Gasteiger partial charge in [-0.15, -0.1) is 0 Å². The lowest BCUT2D eigenvalue weighted by Crippen LogP contribution is -2.10. The van der Waals surface area contributed by atoms with Crippen LogP contribution in [0.2, 0.25) is 0 Å². The van der Waals surface area contributed by atoms with E-state index in [-0.39, 0.29) is 17.5 Å². The van der Waals surface area contributed by atoms with Crippen LogP contribution in [0, 0.1) is 0 Å². The number of para-hydroxylation sites is 1. The van der Waals surface area contributed by atoms with Crippen LogP contribution < -0.4 is 4.74 Å². The summed E-state index contributed by atoms with van der Waals surface area (Å²) in [4.78, 5) is 21.9. The van der Waals surface area contributed by atoms with Crippen molar-refractivity contribution in [3.05, 3.63) is 29.8 Å². The predicted molar refractivity (Wildman–Crippen MR) is 76.1 cm³/mol. The van der Waals surface area contributed by atoms with Crippen LogP contribution in [0.15, 0.2) is 24.3 Å². The average Bonchev–Trinajstić information content (AvgIpc) is 2.34. The number of benzene rings is 1. The third-order valence-corrected chi connectivity index (χ3v) is 3.61. The van der Waals surface area contributed by atoms with Gasteiger partial charge in [0.05, 0.1) is 18.6 Å². The molecule has 1 aromatic carbocycles. The number of hydrogen-bond donors (Lipinski definition) is 1. The summed E-state index contributed by atoms with van der Waals surface area (Å²) in [5.74, 6) is 0.465. The minimum Gasteiger partial charge on any atom is -0.492 e. The molecule has 4 nitrogen and oxygen atoms in total. The normalized spacial score (nSPS) is 11.9. The van der Waals surface area contributed by atoms with Crippen LogP contribution in [0.1, 0.15) is 30.6 Å². The van der Waals surface area contributed by atoms with Crippen LogP contribution in [-0.2, 0) is 4.79 Å². The maximum Gasteiger partial charge on any atom is 0.304 e. The zero-order chi connectivity index (χ0) is 14.3. The van der Waals surface area contributed by atoms with Gasteiger partial charge in [0.15, 0.2) is 5.78 Å². The van der Waals surface area contributed by atoms with E-state index in [1.54, 1.807) is 30.0 Å². The van der Waals surface area contributed by atoms with Gasteiger partial charge in [-0.3, -0.25) is 9.59 Å². The molecule has 1 rings (SSSR count). The minimum absolute atomic E-state index is 0.0255. The van der Waals surface area contributed by atoms with E-state index < -0.39 is 5.97 Å². The molecule has 0 bridgehead atoms. The molecule has 1 N–H and O–H groups in total. The number of carboxylic acid groups (broad SMARTS) is 1. The number of thioether (sulfide) groups is 1. The molecule has 0 heterocycles. The summed E-state index contributed by atoms with van der Waals surface area (Å²) >= 11 is 1.55. The summed E-state index contributed by atoms with van der Waals surface area (Å²) in [6.07, 6.45) is 0.148. The SMILES string of the molecule is CC(=O)c1ccccc1OCCSC(C)CC(=O)O. The van der Waals surface area contributed by atoms with Crippen molar-refractivity contribution in [3.63, 3.8) is 0 Å². The zero-order valence-electron chi connectivity index (χ0n) is 11.1. The summed E-state index contributed by atoms with van der Waals surface area (Å²) in [7, 11) is 0. The number of ketones is 1. The molecule has 0 fully saturated rings. The van der Waals surface area contributed by atoms with Crippen LogP contribution in [-0.4, -0.2) is 34.5 Å². The number of carboxylic acids is 1. The first-order chi connectivity index (χ1) is 9.00. The molecule has 0 radical (unpaired) electrons. The maximum atomic E-state index is 11.4. The molecule has 0 aromatic heterocycles. The zero-order valence-corrected chi connectivity index (χ0v) is 11.9. The molecule has 0 aliphatic heterocycles. The third kappa shape index (κ3) is 5.79. The second-order valence-electron chi connectivity index (χ2n) is 4.18. The summed E-state index contributed by atoms with van der Waals surface area (Å²) in [5, 5.41) is 8.69. The van der Waals surface area contributed by atoms with Gasteiger partial charge in [-0.05, 0) is 19.1 Å². The Morgan fingerprint density at radius 3 is 2.68 bits per heavy atom. The Morgan fingerprint density at radius 1 is 1.37 bits per heavy atom. The lowest BCUT2D eigenvalue weighted by molar-refractivity contribution is -0.136. The van der Waals surface area contributed by atoms with Gasteiger partial charge in [0.2, 0.25) is 0 Å². The first-order valence-corrected chi connectivity index (χ1v) is 7.11. The number of ether oxygens (including phenoxy) is 1. The van der Waals surface area contributed by atoms with Gasteiger partial charge in [-0.25, -0.2) is 0 Å². The summed E-state index contributed by atoms with van der Waals surface area (Å²) < 4.78 is 5.56. The lowest BCUT2D eigenvalue weighted by Gasteiger charge is -2.11. The third-order valence-electron chi connectivity index (χ3n) is 2.47. The van der Waals surface area contributed by atoms with Crippen molar-refractivity contribution in [2.45, 2.75) is 25.5 Å². The number of rotatable bonds is 8. The van der Waals surface area contributed by atoms with E-state index in [1.807, 2.05) is 13.0 Å². The van der Waals surface area contributed by atoms with Gasteiger partial charge in [-0.2, -0.15) is 11.8 Å². The molecule has 1 atom stereocenters. The Balaban J connectivity index is 2.37. The van der Waals surface area contributed by atoms with Crippen LogP contribution in [0.5, 0.6) is 5.75 Å². The Bertz CT molecular complexity index is 445. The van der Waals surface area contributed by atoms with Crippen molar-refractivity contribution in [3.8, 4) is 5.75 Å². The van der Waals surface area contributed by atoms with Crippen molar-refractivity contribution in [1.29, 1.82) is 0 Å². The van der Waals surface area contributed by atoms with Crippen molar-refractivity contribution in [2.24, 2.45) is 0 Å². The fourth-order valence-corrected chi connectivity index (χ4v) is 2.43. The molecule has 0 saturated carbocycles. The molecule has 1 aromatic rings. The van der Waals surface area contributed by atoms with E-state index in [2.05, 4.69) is 0 Å². The number of carbonyl (C=O) groups is 2. The quantitative estimate of drug-likeness (QED) is 0.586. The topological polar surface area (TPSA) is 63.6 Å². The van der Waals surface area contributed by atoms with E-state index in [9.17, 15) is 9.59 Å². The highest BCUT2D eigenvalue weighted by atomic mass is 32.2. The van der Waals surface area contributed by atoms with Crippen LogP contribution in [0.4, 0.5) is 0 Å². The number of carbonyl (C=O) groups excluding carboxylic acids is 1. The smallest absolute Gasteiger partial charge is 0.304 e. The van der Waals surface area contributed by atoms with Crippen LogP contribution in [0.3, 0.4) is 0 Å². The van der Waals surface area contributed by atoms with Gasteiger partial charge in [-0.1, -0.05) is 19.1 Å². The van der Waals surface area contributed by atoms with E-state index in [1.165, 1.54) is 6.92 Å². The van der Waals surface area contributed by atoms with Crippen molar-refractivity contribution >= 4 is 23.5 Å². The molecule has 19 heavy (non-hydrogen) atoms. The summed E-state index contributed by atoms with van der Waals surface area (Å²) in [6.45, 7) is 3.84. The number of hydrogen-bond acceptors (Lipinski definition) is 4. The van der Waals surface area contributed by atoms with Crippen molar-refractivity contribution in [2.75, 3.05) is 12.4 Å². The monoisotopic (exact) mass is 282 g/mol. The number of Topliss-reactive ketones (excluding diaryl/α,β-unsaturated/α-hetero) is 1. The molecule has 0 spiro atoms. The second kappa shape index (κ2) is 7.84. The Hall–Kier alpha value is -1.49. The van der Waals surface area contributed by atoms with Gasteiger partial charge >= 0.3 is 5.97 Å². The summed E-state index contributed by atoms with van der Waals surface area (Å²) in [6, 6.07) is 7.12. The number of aliphatic carboxylic acids is 1. The van der Waals surface area contributed by atoms with Gasteiger partial charge in [0, 0.05) is 11.0 Å². The fraction of sp³-hybridized carbons (Fsp3) is 0.429. The first-order valence-electron chi connectivity index (χ1n) is 6.07. The molecule has 0 saturated heterocycles. The largest absolute Gasteiger partial charge is 0.492 e. The van der Waals surface area contributed by atoms with Crippen LogP contribution in [0.25, 0.3) is 0 Å². The standard InChI is InChI=1S/C14H18O4S/c1-10(9-14(16)17)19-8-7-18-13-6-4-3-5-12(13)11(2)15/h3-6,10H,7-9H2,1-2H3,(H,16,17). The average molecular weight is 282 g/mol. The highest BCUT2D eigenvalue weighted by Gasteiger charge is 2.09. The molecule has 0 amide bonds. The fourth-order valence-electron chi connectivity index (χ4n) is 1.59. The van der Waals surface area contributed by atoms with E-state index >= 15 is 0 Å². The molecule has 5 heteroatoms. The van der Waals surface area contributed by atoms with E-state index in [0.29, 0.717) is 23.7 Å². The second-order valence-corrected chi connectivity index (χ2v) is 5.73. The van der Waals surface area contributed by atoms with E-state index in [0.717, 1.165) is 0 Å².